The summed E-state index contributed by atoms with van der Waals surface area (Å²) in [7, 11) is 0. The Morgan fingerprint density at radius 1 is 1.43 bits per heavy atom. The van der Waals surface area contributed by atoms with Crippen LogP contribution in [-0.2, 0) is 6.54 Å². The molecule has 0 unspecified atom stereocenters. The van der Waals surface area contributed by atoms with E-state index in [2.05, 4.69) is 17.2 Å². The molecule has 3 rings (SSSR count). The van der Waals surface area contributed by atoms with Crippen LogP contribution in [0.25, 0.3) is 11.0 Å². The minimum Gasteiger partial charge on any atom is -0.451 e. The van der Waals surface area contributed by atoms with E-state index in [1.54, 1.807) is 0 Å². The van der Waals surface area contributed by atoms with Crippen LogP contribution in [0.15, 0.2) is 28.7 Å². The first-order valence-corrected chi connectivity index (χ1v) is 7.50. The van der Waals surface area contributed by atoms with E-state index in [1.807, 2.05) is 24.3 Å². The lowest BCUT2D eigenvalue weighted by Crippen LogP contribution is -2.32. The topological polar surface area (TPSA) is 71.5 Å². The van der Waals surface area contributed by atoms with Crippen molar-refractivity contribution in [2.24, 2.45) is 5.84 Å². The SMILES string of the molecule is CCCN(Cc1c(C(=O)NN)oc2ccccc12)C1CC1. The van der Waals surface area contributed by atoms with Gasteiger partial charge in [0.15, 0.2) is 5.76 Å². The van der Waals surface area contributed by atoms with Crippen LogP contribution in [0.4, 0.5) is 0 Å². The molecular weight excluding hydrogens is 266 g/mol. The van der Waals surface area contributed by atoms with Crippen LogP contribution in [0.5, 0.6) is 0 Å². The van der Waals surface area contributed by atoms with E-state index in [9.17, 15) is 4.79 Å². The molecule has 21 heavy (non-hydrogen) atoms. The van der Waals surface area contributed by atoms with Crippen molar-refractivity contribution in [3.8, 4) is 0 Å². The summed E-state index contributed by atoms with van der Waals surface area (Å²) in [6.45, 7) is 3.95. The number of benzene rings is 1. The second-order valence-electron chi connectivity index (χ2n) is 5.58. The van der Waals surface area contributed by atoms with Gasteiger partial charge in [0.05, 0.1) is 0 Å². The third-order valence-corrected chi connectivity index (χ3v) is 3.97. The summed E-state index contributed by atoms with van der Waals surface area (Å²) < 4.78 is 5.71. The number of hydrogen-bond acceptors (Lipinski definition) is 4. The molecule has 0 aliphatic heterocycles. The number of nitrogens with one attached hydrogen (secondary N) is 1. The molecule has 1 amide bonds. The molecule has 1 aliphatic rings. The number of hydrogen-bond donors (Lipinski definition) is 2. The molecule has 1 aromatic carbocycles. The molecule has 0 saturated heterocycles. The van der Waals surface area contributed by atoms with Crippen LogP contribution < -0.4 is 11.3 Å². The summed E-state index contributed by atoms with van der Waals surface area (Å²) in [6.07, 6.45) is 3.59. The normalized spacial score (nSPS) is 14.8. The third kappa shape index (κ3) is 2.80. The number of para-hydroxylation sites is 1. The zero-order valence-corrected chi connectivity index (χ0v) is 12.3. The van der Waals surface area contributed by atoms with Crippen molar-refractivity contribution in [2.75, 3.05) is 6.54 Å². The first kappa shape index (κ1) is 14.1. The molecule has 112 valence electrons. The van der Waals surface area contributed by atoms with Gasteiger partial charge < -0.3 is 4.42 Å². The summed E-state index contributed by atoms with van der Waals surface area (Å²) in [6, 6.07) is 8.40. The molecule has 0 bridgehead atoms. The third-order valence-electron chi connectivity index (χ3n) is 3.97. The second-order valence-corrected chi connectivity index (χ2v) is 5.58. The number of furan rings is 1. The number of nitrogens with zero attached hydrogens (tertiary/aromatic N) is 1. The Morgan fingerprint density at radius 2 is 2.19 bits per heavy atom. The van der Waals surface area contributed by atoms with Crippen LogP contribution in [0, 0.1) is 0 Å². The van der Waals surface area contributed by atoms with Crippen molar-refractivity contribution in [2.45, 2.75) is 38.8 Å². The Bertz CT molecular complexity index is 646. The van der Waals surface area contributed by atoms with E-state index in [4.69, 9.17) is 10.3 Å². The molecule has 1 aliphatic carbocycles. The molecule has 1 saturated carbocycles. The second kappa shape index (κ2) is 5.87. The highest BCUT2D eigenvalue weighted by Gasteiger charge is 2.30. The Kier molecular flexibility index (Phi) is 3.94. The molecule has 3 N–H and O–H groups in total. The van der Waals surface area contributed by atoms with Gasteiger partial charge in [-0.05, 0) is 31.9 Å². The fraction of sp³-hybridized carbons (Fsp3) is 0.438. The van der Waals surface area contributed by atoms with Crippen molar-refractivity contribution in [3.05, 3.63) is 35.6 Å². The van der Waals surface area contributed by atoms with Gasteiger partial charge in [-0.25, -0.2) is 5.84 Å². The van der Waals surface area contributed by atoms with Gasteiger partial charge in [-0.1, -0.05) is 25.1 Å². The molecule has 1 aromatic heterocycles. The summed E-state index contributed by atoms with van der Waals surface area (Å²) in [5.41, 5.74) is 3.85. The first-order chi connectivity index (χ1) is 10.2. The molecule has 1 heterocycles. The Hall–Kier alpha value is -1.85. The number of nitrogens with two attached hydrogens (primary N) is 1. The number of carbonyl (C=O) groups is 1. The lowest BCUT2D eigenvalue weighted by atomic mass is 10.1. The van der Waals surface area contributed by atoms with Gasteiger partial charge in [-0.15, -0.1) is 0 Å². The van der Waals surface area contributed by atoms with E-state index >= 15 is 0 Å². The molecule has 5 heteroatoms. The molecule has 5 nitrogen and oxygen atoms in total. The quantitative estimate of drug-likeness (QED) is 0.486. The molecule has 2 aromatic rings. The van der Waals surface area contributed by atoms with Crippen molar-refractivity contribution in [3.63, 3.8) is 0 Å². The lowest BCUT2D eigenvalue weighted by Gasteiger charge is -2.21. The molecule has 0 atom stereocenters. The average molecular weight is 287 g/mol. The van der Waals surface area contributed by atoms with Gasteiger partial charge in [0.1, 0.15) is 5.58 Å². The van der Waals surface area contributed by atoms with E-state index in [0.717, 1.165) is 36.0 Å². The maximum absolute atomic E-state index is 12.0. The van der Waals surface area contributed by atoms with Gasteiger partial charge in [0, 0.05) is 23.5 Å². The molecule has 0 radical (unpaired) electrons. The Balaban J connectivity index is 1.99. The van der Waals surface area contributed by atoms with E-state index in [1.165, 1.54) is 12.8 Å². The van der Waals surface area contributed by atoms with E-state index in [0.29, 0.717) is 11.8 Å². The van der Waals surface area contributed by atoms with E-state index in [-0.39, 0.29) is 5.91 Å². The Labute approximate surface area is 124 Å². The highest BCUT2D eigenvalue weighted by atomic mass is 16.3. The van der Waals surface area contributed by atoms with Crippen molar-refractivity contribution in [1.82, 2.24) is 10.3 Å². The molecule has 0 spiro atoms. The standard InChI is InChI=1S/C16H21N3O2/c1-2-9-19(11-7-8-11)10-13-12-5-3-4-6-14(12)21-15(13)16(20)18-17/h3-6,11H,2,7-10,17H2,1H3,(H,18,20). The maximum atomic E-state index is 12.0. The average Bonchev–Trinajstić information content (AvgIpc) is 3.29. The number of fused-ring (bicyclic) bond motifs is 1. The van der Waals surface area contributed by atoms with Crippen LogP contribution in [0.1, 0.15) is 42.3 Å². The smallest absolute Gasteiger partial charge is 0.301 e. The first-order valence-electron chi connectivity index (χ1n) is 7.50. The fourth-order valence-corrected chi connectivity index (χ4v) is 2.83. The zero-order chi connectivity index (χ0) is 14.8. The lowest BCUT2D eigenvalue weighted by molar-refractivity contribution is 0.0925. The van der Waals surface area contributed by atoms with Crippen molar-refractivity contribution >= 4 is 16.9 Å². The largest absolute Gasteiger partial charge is 0.451 e. The summed E-state index contributed by atoms with van der Waals surface area (Å²) in [5, 5.41) is 0.998. The number of carbonyl (C=O) groups excluding carboxylic acids is 1. The van der Waals surface area contributed by atoms with Gasteiger partial charge in [0.2, 0.25) is 0 Å². The minimum atomic E-state index is -0.367. The van der Waals surface area contributed by atoms with Crippen molar-refractivity contribution < 1.29 is 9.21 Å². The van der Waals surface area contributed by atoms with Gasteiger partial charge in [-0.3, -0.25) is 15.1 Å². The van der Waals surface area contributed by atoms with Crippen LogP contribution in [0.2, 0.25) is 0 Å². The Morgan fingerprint density at radius 3 is 2.86 bits per heavy atom. The maximum Gasteiger partial charge on any atom is 0.301 e. The number of hydrazine groups is 1. The van der Waals surface area contributed by atoms with E-state index < -0.39 is 0 Å². The van der Waals surface area contributed by atoms with Gasteiger partial charge in [-0.2, -0.15) is 0 Å². The highest BCUT2D eigenvalue weighted by molar-refractivity contribution is 5.98. The summed E-state index contributed by atoms with van der Waals surface area (Å²) in [4.78, 5) is 14.4. The predicted molar refractivity (Wildman–Crippen MR) is 81.6 cm³/mol. The van der Waals surface area contributed by atoms with Gasteiger partial charge >= 0.3 is 5.91 Å². The number of amides is 1. The fourth-order valence-electron chi connectivity index (χ4n) is 2.83. The highest BCUT2D eigenvalue weighted by Crippen LogP contribution is 2.32. The monoisotopic (exact) mass is 287 g/mol. The number of nitrogen functional groups attached to an aromatic ring is 1. The summed E-state index contributed by atoms with van der Waals surface area (Å²) >= 11 is 0. The van der Waals surface area contributed by atoms with Crippen molar-refractivity contribution in [1.29, 1.82) is 0 Å². The van der Waals surface area contributed by atoms with Crippen LogP contribution in [-0.4, -0.2) is 23.4 Å². The number of rotatable bonds is 6. The zero-order valence-electron chi connectivity index (χ0n) is 12.3. The van der Waals surface area contributed by atoms with Gasteiger partial charge in [0.25, 0.3) is 0 Å². The van der Waals surface area contributed by atoms with Crippen LogP contribution >= 0.6 is 0 Å². The minimum absolute atomic E-state index is 0.334. The molecular formula is C16H21N3O2. The summed E-state index contributed by atoms with van der Waals surface area (Å²) in [5.74, 6) is 5.25. The van der Waals surface area contributed by atoms with Crippen LogP contribution in [0.3, 0.4) is 0 Å². The molecule has 1 fully saturated rings. The predicted octanol–water partition coefficient (Wildman–Crippen LogP) is 2.41.